The number of unbranched alkanes of at least 4 members (excludes halogenated alkanes) is 12. The molecule has 4 nitrogen and oxygen atoms in total. The van der Waals surface area contributed by atoms with Crippen LogP contribution in [0.4, 0.5) is 0 Å². The minimum absolute atomic E-state index is 0.376. The molecule has 0 aromatic heterocycles. The molecule has 4 heteroatoms. The fourth-order valence-corrected chi connectivity index (χ4v) is 2.48. The van der Waals surface area contributed by atoms with E-state index in [1.807, 2.05) is 0 Å². The third-order valence-corrected chi connectivity index (χ3v) is 3.85. The van der Waals surface area contributed by atoms with Crippen molar-refractivity contribution >= 4 is 11.9 Å². The van der Waals surface area contributed by atoms with Gasteiger partial charge in [-0.1, -0.05) is 84.0 Å². The van der Waals surface area contributed by atoms with Gasteiger partial charge in [-0.25, -0.2) is 9.59 Å². The number of carboxylic acids is 1. The molecule has 0 radical (unpaired) electrons. The van der Waals surface area contributed by atoms with Gasteiger partial charge in [0.2, 0.25) is 0 Å². The average molecular weight is 326 g/mol. The first-order chi connectivity index (χ1) is 11.2. The number of carbonyl (C=O) groups excluding carboxylic acids is 1. The number of hydrogen-bond acceptors (Lipinski definition) is 3. The normalized spacial score (nSPS) is 11.0. The Morgan fingerprint density at radius 1 is 0.739 bits per heavy atom. The van der Waals surface area contributed by atoms with Gasteiger partial charge in [-0.05, 0) is 6.42 Å². The molecule has 0 aliphatic rings. The van der Waals surface area contributed by atoms with Crippen LogP contribution in [0.15, 0.2) is 12.2 Å². The number of ether oxygens (including phenoxy) is 1. The van der Waals surface area contributed by atoms with Crippen molar-refractivity contribution in [1.29, 1.82) is 0 Å². The van der Waals surface area contributed by atoms with E-state index in [2.05, 4.69) is 6.92 Å². The second-order valence-electron chi connectivity index (χ2n) is 6.08. The Bertz CT molecular complexity index is 323. The van der Waals surface area contributed by atoms with Crippen LogP contribution in [-0.2, 0) is 14.3 Å². The van der Waals surface area contributed by atoms with Gasteiger partial charge in [0.05, 0.1) is 6.61 Å². The van der Waals surface area contributed by atoms with E-state index in [-0.39, 0.29) is 0 Å². The molecule has 23 heavy (non-hydrogen) atoms. The van der Waals surface area contributed by atoms with Gasteiger partial charge in [-0.15, -0.1) is 0 Å². The topological polar surface area (TPSA) is 63.6 Å². The van der Waals surface area contributed by atoms with Gasteiger partial charge in [0, 0.05) is 12.2 Å². The maximum absolute atomic E-state index is 11.1. The van der Waals surface area contributed by atoms with E-state index in [9.17, 15) is 9.59 Å². The van der Waals surface area contributed by atoms with Crippen molar-refractivity contribution in [2.75, 3.05) is 6.61 Å². The van der Waals surface area contributed by atoms with Gasteiger partial charge < -0.3 is 9.84 Å². The van der Waals surface area contributed by atoms with Crippen LogP contribution in [0.3, 0.4) is 0 Å². The summed E-state index contributed by atoms with van der Waals surface area (Å²) in [6.07, 6.45) is 18.4. The van der Waals surface area contributed by atoms with Crippen molar-refractivity contribution in [2.24, 2.45) is 0 Å². The third kappa shape index (κ3) is 18.6. The molecule has 0 fully saturated rings. The monoisotopic (exact) mass is 326 g/mol. The van der Waals surface area contributed by atoms with Crippen LogP contribution in [0.2, 0.25) is 0 Å². The van der Waals surface area contributed by atoms with Crippen LogP contribution in [0.1, 0.15) is 90.4 Å². The Kier molecular flexibility index (Phi) is 16.1. The molecule has 0 heterocycles. The van der Waals surface area contributed by atoms with Crippen LogP contribution in [0, 0.1) is 0 Å². The molecular formula is C19H34O4. The number of aliphatic carboxylic acids is 1. The van der Waals surface area contributed by atoms with Crippen molar-refractivity contribution < 1.29 is 19.4 Å². The summed E-state index contributed by atoms with van der Waals surface area (Å²) < 4.78 is 4.90. The summed E-state index contributed by atoms with van der Waals surface area (Å²) in [7, 11) is 0. The minimum Gasteiger partial charge on any atom is -0.478 e. The molecule has 0 saturated heterocycles. The van der Waals surface area contributed by atoms with Crippen LogP contribution < -0.4 is 0 Å². The predicted molar refractivity (Wildman–Crippen MR) is 93.4 cm³/mol. The first kappa shape index (κ1) is 21.7. The van der Waals surface area contributed by atoms with Gasteiger partial charge in [0.1, 0.15) is 0 Å². The fourth-order valence-electron chi connectivity index (χ4n) is 2.48. The summed E-state index contributed by atoms with van der Waals surface area (Å²) >= 11 is 0. The van der Waals surface area contributed by atoms with Crippen molar-refractivity contribution in [3.63, 3.8) is 0 Å². The lowest BCUT2D eigenvalue weighted by molar-refractivity contribution is -0.138. The Hall–Kier alpha value is -1.32. The lowest BCUT2D eigenvalue weighted by Crippen LogP contribution is -2.03. The summed E-state index contributed by atoms with van der Waals surface area (Å²) in [6.45, 7) is 2.63. The zero-order valence-electron chi connectivity index (χ0n) is 14.7. The van der Waals surface area contributed by atoms with Crippen molar-refractivity contribution in [2.45, 2.75) is 90.4 Å². The number of hydrogen-bond donors (Lipinski definition) is 1. The maximum Gasteiger partial charge on any atom is 0.331 e. The maximum atomic E-state index is 11.1. The Labute approximate surface area is 141 Å². The third-order valence-electron chi connectivity index (χ3n) is 3.85. The summed E-state index contributed by atoms with van der Waals surface area (Å²) in [5.74, 6) is -1.71. The van der Waals surface area contributed by atoms with Crippen LogP contribution in [0.5, 0.6) is 0 Å². The summed E-state index contributed by atoms with van der Waals surface area (Å²) in [5, 5.41) is 8.36. The zero-order chi connectivity index (χ0) is 17.2. The molecule has 0 amide bonds. The molecule has 0 aromatic carbocycles. The van der Waals surface area contributed by atoms with E-state index in [0.29, 0.717) is 6.61 Å². The average Bonchev–Trinajstić information content (AvgIpc) is 2.53. The quantitative estimate of drug-likeness (QED) is 0.239. The number of carboxylic acid groups (broad SMARTS) is 1. The van der Waals surface area contributed by atoms with E-state index in [0.717, 1.165) is 25.0 Å². The molecule has 0 aliphatic heterocycles. The first-order valence-corrected chi connectivity index (χ1v) is 9.24. The lowest BCUT2D eigenvalue weighted by atomic mass is 10.0. The standard InChI is InChI=1S/C19H34O4/c1-2-3-4-5-6-7-8-9-10-11-12-13-14-17-23-19(22)16-15-18(20)21/h15-16H,2-14,17H2,1H3,(H,20,21)/b16-15+. The Morgan fingerprint density at radius 3 is 1.61 bits per heavy atom. The number of esters is 1. The van der Waals surface area contributed by atoms with Gasteiger partial charge >= 0.3 is 11.9 Å². The van der Waals surface area contributed by atoms with Gasteiger partial charge in [-0.2, -0.15) is 0 Å². The largest absolute Gasteiger partial charge is 0.478 e. The molecule has 0 bridgehead atoms. The highest BCUT2D eigenvalue weighted by Gasteiger charge is 1.98. The van der Waals surface area contributed by atoms with Crippen molar-refractivity contribution in [3.05, 3.63) is 12.2 Å². The second-order valence-corrected chi connectivity index (χ2v) is 6.08. The molecule has 1 N–H and O–H groups in total. The number of rotatable bonds is 16. The van der Waals surface area contributed by atoms with E-state index in [4.69, 9.17) is 9.84 Å². The SMILES string of the molecule is CCCCCCCCCCCCCCCOC(=O)/C=C/C(=O)O. The second kappa shape index (κ2) is 17.0. The molecule has 0 aromatic rings. The van der Waals surface area contributed by atoms with Crippen LogP contribution in [-0.4, -0.2) is 23.7 Å². The molecule has 0 atom stereocenters. The molecule has 0 rings (SSSR count). The fraction of sp³-hybridized carbons (Fsp3) is 0.789. The summed E-state index contributed by atoms with van der Waals surface area (Å²) in [4.78, 5) is 21.3. The van der Waals surface area contributed by atoms with Crippen molar-refractivity contribution in [1.82, 2.24) is 0 Å². The molecular weight excluding hydrogens is 292 g/mol. The minimum atomic E-state index is -1.14. The zero-order valence-corrected chi connectivity index (χ0v) is 14.7. The Balaban J connectivity index is 3.16. The summed E-state index contributed by atoms with van der Waals surface area (Å²) in [5.41, 5.74) is 0. The predicted octanol–water partition coefficient (Wildman–Crippen LogP) is 5.26. The van der Waals surface area contributed by atoms with Crippen LogP contribution >= 0.6 is 0 Å². The molecule has 0 saturated carbocycles. The molecule has 134 valence electrons. The smallest absolute Gasteiger partial charge is 0.331 e. The highest BCUT2D eigenvalue weighted by Crippen LogP contribution is 2.12. The van der Waals surface area contributed by atoms with E-state index in [1.54, 1.807) is 0 Å². The molecule has 0 aliphatic carbocycles. The highest BCUT2D eigenvalue weighted by atomic mass is 16.5. The van der Waals surface area contributed by atoms with Gasteiger partial charge in [0.15, 0.2) is 0 Å². The summed E-state index contributed by atoms with van der Waals surface area (Å²) in [6, 6.07) is 0. The number of carbonyl (C=O) groups is 2. The highest BCUT2D eigenvalue weighted by molar-refractivity contribution is 5.90. The lowest BCUT2D eigenvalue weighted by Gasteiger charge is -2.03. The van der Waals surface area contributed by atoms with Crippen LogP contribution in [0.25, 0.3) is 0 Å². The van der Waals surface area contributed by atoms with Gasteiger partial charge in [0.25, 0.3) is 0 Å². The van der Waals surface area contributed by atoms with Crippen molar-refractivity contribution in [3.8, 4) is 0 Å². The first-order valence-electron chi connectivity index (χ1n) is 9.24. The van der Waals surface area contributed by atoms with E-state index in [1.165, 1.54) is 70.6 Å². The molecule has 0 unspecified atom stereocenters. The molecule has 0 spiro atoms. The van der Waals surface area contributed by atoms with E-state index < -0.39 is 11.9 Å². The Morgan fingerprint density at radius 2 is 1.17 bits per heavy atom. The van der Waals surface area contributed by atoms with E-state index >= 15 is 0 Å². The van der Waals surface area contributed by atoms with Gasteiger partial charge in [-0.3, -0.25) is 0 Å².